The van der Waals surface area contributed by atoms with Crippen LogP contribution in [0, 0.1) is 0 Å². The summed E-state index contributed by atoms with van der Waals surface area (Å²) in [5.41, 5.74) is 2.30. The first-order chi connectivity index (χ1) is 7.84. The Hall–Kier alpha value is -1.50. The van der Waals surface area contributed by atoms with Crippen molar-refractivity contribution >= 4 is 41.5 Å². The molecule has 0 bridgehead atoms. The zero-order valence-electron chi connectivity index (χ0n) is 8.21. The van der Waals surface area contributed by atoms with E-state index in [1.165, 1.54) is 4.80 Å². The zero-order valence-corrected chi connectivity index (χ0v) is 10.4. The van der Waals surface area contributed by atoms with Gasteiger partial charge in [0, 0.05) is 4.08 Å². The molecule has 80 valence electrons. The van der Waals surface area contributed by atoms with Crippen molar-refractivity contribution in [3.63, 3.8) is 0 Å². The molecule has 1 aliphatic rings. The topological polar surface area (TPSA) is 50.9 Å². The molecule has 0 unspecified atom stereocenters. The van der Waals surface area contributed by atoms with Crippen LogP contribution in [0.2, 0.25) is 0 Å². The molecule has 3 rings (SSSR count). The Morgan fingerprint density at radius 3 is 2.44 bits per heavy atom. The van der Waals surface area contributed by atoms with Gasteiger partial charge in [-0.25, -0.2) is 0 Å². The number of allylic oxidation sites excluding steroid dienone is 2. The second-order valence-electron chi connectivity index (χ2n) is 3.28. The molecule has 0 aliphatic carbocycles. The Labute approximate surface area is 102 Å². The van der Waals surface area contributed by atoms with Crippen LogP contribution in [0.15, 0.2) is 40.2 Å². The summed E-state index contributed by atoms with van der Waals surface area (Å²) in [6.45, 7) is 0. The van der Waals surface area contributed by atoms with Gasteiger partial charge in [-0.05, 0) is 22.2 Å². The number of aromatic nitrogens is 3. The van der Waals surface area contributed by atoms with E-state index in [2.05, 4.69) is 14.2 Å². The van der Waals surface area contributed by atoms with Gasteiger partial charge >= 0.3 is 0 Å². The fourth-order valence-corrected chi connectivity index (χ4v) is 2.89. The van der Waals surface area contributed by atoms with Gasteiger partial charge in [-0.1, -0.05) is 32.9 Å². The van der Waals surface area contributed by atoms with Gasteiger partial charge in [0.25, 0.3) is 0 Å². The monoisotopic (exact) mass is 325 g/mol. The second kappa shape index (κ2) is 3.82. The first-order valence-corrected chi connectivity index (χ1v) is 7.21. The highest BCUT2D eigenvalue weighted by Gasteiger charge is 2.11. The normalized spacial score (nSPS) is 15.5. The van der Waals surface area contributed by atoms with E-state index < -0.39 is 0 Å². The molecule has 0 saturated carbocycles. The van der Waals surface area contributed by atoms with Crippen molar-refractivity contribution in [1.82, 2.24) is 15.0 Å². The number of halogens is 1. The molecule has 2 aromatic rings. The van der Waals surface area contributed by atoms with Crippen molar-refractivity contribution in [3.8, 4) is 0 Å². The minimum absolute atomic E-state index is 0.151. The van der Waals surface area contributed by atoms with Gasteiger partial charge in [-0.15, -0.1) is 15.0 Å². The van der Waals surface area contributed by atoms with Crippen molar-refractivity contribution in [1.29, 1.82) is 0 Å². The molecule has 1 aromatic heterocycles. The van der Waals surface area contributed by atoms with Crippen LogP contribution in [0.4, 0.5) is 0 Å². The Morgan fingerprint density at radius 1 is 1.12 bits per heavy atom. The van der Waals surface area contributed by atoms with Crippen molar-refractivity contribution in [2.75, 3.05) is 0 Å². The van der Waals surface area contributed by atoms with Crippen LogP contribution in [0.25, 0.3) is 16.7 Å². The number of hydrogen-bond acceptors (Lipinski definition) is 3. The van der Waals surface area contributed by atoms with Crippen LogP contribution in [0.5, 0.6) is 0 Å². The molecule has 0 saturated heterocycles. The van der Waals surface area contributed by atoms with Gasteiger partial charge < -0.3 is 5.11 Å². The number of fused-ring (bicyclic) bond motifs is 1. The Balaban J connectivity index is 2.17. The van der Waals surface area contributed by atoms with E-state index in [-0.39, 0.29) is 26.5 Å². The number of aliphatic hydroxyl groups is 1. The molecule has 0 fully saturated rings. The predicted octanol–water partition coefficient (Wildman–Crippen LogP) is 2.46. The summed E-state index contributed by atoms with van der Waals surface area (Å²) in [6.07, 6.45) is 1.88. The van der Waals surface area contributed by atoms with Crippen molar-refractivity contribution in [3.05, 3.63) is 40.2 Å². The molecule has 2 heterocycles. The summed E-state index contributed by atoms with van der Waals surface area (Å²) in [7, 11) is 0. The largest absolute Gasteiger partial charge is 0.505 e. The molecule has 0 atom stereocenters. The average molecular weight is 325 g/mol. The van der Waals surface area contributed by atoms with Crippen LogP contribution in [-0.2, 0) is 0 Å². The van der Waals surface area contributed by atoms with Crippen molar-refractivity contribution < 1.29 is 5.11 Å². The summed E-state index contributed by atoms with van der Waals surface area (Å²) in [5.74, 6) is 0.274. The number of nitrogens with zero attached hydrogens (tertiary/aromatic N) is 3. The number of rotatable bonds is 1. The lowest BCUT2D eigenvalue weighted by atomic mass is 10.3. The first kappa shape index (κ1) is 9.71. The number of aliphatic hydroxyl groups excluding tert-OH is 1. The minimum Gasteiger partial charge on any atom is -0.505 e. The lowest BCUT2D eigenvalue weighted by Crippen LogP contribution is -2.04. The van der Waals surface area contributed by atoms with Gasteiger partial charge in [-0.3, -0.25) is 0 Å². The standard InChI is InChI=1S/C11H8IN3O/c16-11-7-12-6-5-10(11)15-13-8-3-1-2-4-9(8)14-15/h1-7,16H. The van der Waals surface area contributed by atoms with Crippen LogP contribution < -0.4 is 0 Å². The highest BCUT2D eigenvalue weighted by Crippen LogP contribution is 2.20. The third-order valence-corrected chi connectivity index (χ3v) is 3.95. The summed E-state index contributed by atoms with van der Waals surface area (Å²) in [4.78, 5) is 1.48. The summed E-state index contributed by atoms with van der Waals surface area (Å²) < 4.78 is 3.92. The van der Waals surface area contributed by atoms with Crippen molar-refractivity contribution in [2.24, 2.45) is 0 Å². The van der Waals surface area contributed by atoms with E-state index in [1.807, 2.05) is 34.4 Å². The quantitative estimate of drug-likeness (QED) is 0.820. The SMILES string of the molecule is OC1=CI=CC=C1n1nc2ccccc2n1. The maximum absolute atomic E-state index is 9.75. The van der Waals surface area contributed by atoms with Gasteiger partial charge in [0.15, 0.2) is 0 Å². The van der Waals surface area contributed by atoms with Crippen LogP contribution in [-0.4, -0.2) is 24.1 Å². The van der Waals surface area contributed by atoms with Gasteiger partial charge in [0.2, 0.25) is 0 Å². The smallest absolute Gasteiger partial charge is 0.148 e. The third-order valence-electron chi connectivity index (χ3n) is 2.22. The van der Waals surface area contributed by atoms with Gasteiger partial charge in [0.1, 0.15) is 22.5 Å². The van der Waals surface area contributed by atoms with E-state index in [0.29, 0.717) is 5.70 Å². The van der Waals surface area contributed by atoms with E-state index in [0.717, 1.165) is 11.0 Å². The second-order valence-corrected chi connectivity index (χ2v) is 5.34. The molecule has 0 radical (unpaired) electrons. The fourth-order valence-electron chi connectivity index (χ4n) is 1.47. The summed E-state index contributed by atoms with van der Waals surface area (Å²) in [6, 6.07) is 7.65. The number of hydrogen-bond donors (Lipinski definition) is 1. The van der Waals surface area contributed by atoms with E-state index >= 15 is 0 Å². The van der Waals surface area contributed by atoms with E-state index in [4.69, 9.17) is 0 Å². The van der Waals surface area contributed by atoms with E-state index in [9.17, 15) is 5.11 Å². The third kappa shape index (κ3) is 1.57. The molecule has 0 spiro atoms. The highest BCUT2D eigenvalue weighted by molar-refractivity contribution is 14.2. The molecule has 4 nitrogen and oxygen atoms in total. The molecule has 1 aromatic carbocycles. The molecular formula is C11H8IN3O. The maximum Gasteiger partial charge on any atom is 0.148 e. The zero-order chi connectivity index (χ0) is 11.0. The maximum atomic E-state index is 9.75. The van der Waals surface area contributed by atoms with Gasteiger partial charge in [-0.2, -0.15) is 0 Å². The lowest BCUT2D eigenvalue weighted by molar-refractivity contribution is 0.430. The summed E-state index contributed by atoms with van der Waals surface area (Å²) in [5, 5.41) is 18.4. The lowest BCUT2D eigenvalue weighted by Gasteiger charge is -2.05. The fraction of sp³-hybridized carbons (Fsp3) is 0. The molecule has 0 amide bonds. The molecule has 16 heavy (non-hydrogen) atoms. The van der Waals surface area contributed by atoms with Crippen molar-refractivity contribution in [2.45, 2.75) is 0 Å². The predicted molar refractivity (Wildman–Crippen MR) is 72.6 cm³/mol. The first-order valence-electron chi connectivity index (χ1n) is 4.72. The molecule has 1 N–H and O–H groups in total. The van der Waals surface area contributed by atoms with Crippen LogP contribution in [0.1, 0.15) is 0 Å². The molecule has 5 heteroatoms. The van der Waals surface area contributed by atoms with Crippen LogP contribution >= 0.6 is 20.7 Å². The van der Waals surface area contributed by atoms with E-state index in [1.54, 1.807) is 0 Å². The molecular weight excluding hydrogens is 317 g/mol. The molecule has 1 aliphatic heterocycles. The highest BCUT2D eigenvalue weighted by atomic mass is 127. The Morgan fingerprint density at radius 2 is 1.81 bits per heavy atom. The Kier molecular flexibility index (Phi) is 2.32. The number of benzene rings is 1. The Bertz CT molecular complexity index is 606. The minimum atomic E-state index is -0.151. The van der Waals surface area contributed by atoms with Crippen LogP contribution in [0.3, 0.4) is 0 Å². The van der Waals surface area contributed by atoms with Gasteiger partial charge in [0.05, 0.1) is 0 Å². The summed E-state index contributed by atoms with van der Waals surface area (Å²) >= 11 is -0.151. The average Bonchev–Trinajstić information content (AvgIpc) is 2.73.